The number of nitrogens with zero attached hydrogens (tertiary/aromatic N) is 2. The maximum absolute atomic E-state index is 5.27. The molecule has 0 unspecified atom stereocenters. The van der Waals surface area contributed by atoms with Crippen molar-refractivity contribution in [2.24, 2.45) is 0 Å². The van der Waals surface area contributed by atoms with Crippen LogP contribution in [0.4, 0.5) is 11.8 Å². The van der Waals surface area contributed by atoms with Gasteiger partial charge in [0.05, 0.1) is 7.11 Å². The molecule has 0 saturated carbocycles. The van der Waals surface area contributed by atoms with E-state index in [-0.39, 0.29) is 0 Å². The molecule has 2 aromatic carbocycles. The molecule has 0 aliphatic heterocycles. The Morgan fingerprint density at radius 1 is 0.966 bits per heavy atom. The lowest BCUT2D eigenvalue weighted by molar-refractivity contribution is 0.414. The fraction of sp³-hybridized carbons (Fsp3) is 0.217. The van der Waals surface area contributed by atoms with Gasteiger partial charge in [-0.3, -0.25) is 0 Å². The lowest BCUT2D eigenvalue weighted by Gasteiger charge is -2.09. The number of H-pyrrole nitrogens is 1. The number of fused-ring (bicyclic) bond motifs is 1. The Hall–Kier alpha value is -3.54. The maximum Gasteiger partial charge on any atom is 0.224 e. The topological polar surface area (TPSA) is 74.9 Å². The summed E-state index contributed by atoms with van der Waals surface area (Å²) in [6.45, 7) is 1.56. The number of hydrogen-bond donors (Lipinski definition) is 3. The third kappa shape index (κ3) is 4.85. The van der Waals surface area contributed by atoms with Crippen LogP contribution in [0.15, 0.2) is 67.0 Å². The molecule has 0 bridgehead atoms. The van der Waals surface area contributed by atoms with Crippen LogP contribution in [0.3, 0.4) is 0 Å². The molecule has 3 N–H and O–H groups in total. The smallest absolute Gasteiger partial charge is 0.224 e. The number of benzene rings is 2. The third-order valence-electron chi connectivity index (χ3n) is 4.86. The largest absolute Gasteiger partial charge is 0.497 e. The van der Waals surface area contributed by atoms with Gasteiger partial charge in [0.2, 0.25) is 5.95 Å². The van der Waals surface area contributed by atoms with E-state index in [1.165, 1.54) is 22.0 Å². The molecule has 2 heterocycles. The van der Waals surface area contributed by atoms with Gasteiger partial charge in [0.1, 0.15) is 11.6 Å². The maximum atomic E-state index is 5.27. The zero-order valence-electron chi connectivity index (χ0n) is 16.5. The van der Waals surface area contributed by atoms with Crippen molar-refractivity contribution in [1.82, 2.24) is 15.0 Å². The highest BCUT2D eigenvalue weighted by Gasteiger charge is 2.04. The van der Waals surface area contributed by atoms with E-state index >= 15 is 0 Å². The van der Waals surface area contributed by atoms with Gasteiger partial charge in [-0.05, 0) is 48.2 Å². The van der Waals surface area contributed by atoms with Crippen molar-refractivity contribution in [3.63, 3.8) is 0 Å². The van der Waals surface area contributed by atoms with Crippen LogP contribution in [0.2, 0.25) is 0 Å². The van der Waals surface area contributed by atoms with Gasteiger partial charge in [0.25, 0.3) is 0 Å². The van der Waals surface area contributed by atoms with Crippen molar-refractivity contribution in [3.8, 4) is 5.75 Å². The van der Waals surface area contributed by atoms with Gasteiger partial charge in [-0.25, -0.2) is 4.98 Å². The van der Waals surface area contributed by atoms with E-state index in [9.17, 15) is 0 Å². The zero-order chi connectivity index (χ0) is 19.9. The van der Waals surface area contributed by atoms with Crippen molar-refractivity contribution in [2.45, 2.75) is 12.8 Å². The number of methoxy groups -OCH3 is 1. The number of rotatable bonds is 9. The van der Waals surface area contributed by atoms with Gasteiger partial charge in [0, 0.05) is 36.4 Å². The Morgan fingerprint density at radius 2 is 1.86 bits per heavy atom. The first-order chi connectivity index (χ1) is 14.3. The summed E-state index contributed by atoms with van der Waals surface area (Å²) in [4.78, 5) is 12.2. The quantitative estimate of drug-likeness (QED) is 0.400. The molecule has 0 spiro atoms. The number of aromatic nitrogens is 3. The molecule has 6 nitrogen and oxygen atoms in total. The SMILES string of the molecule is COc1cccc(CCNc2ccnc(NCCc3c[nH]c4ccccc34)n2)c1. The Bertz CT molecular complexity index is 1080. The molecule has 0 aliphatic rings. The van der Waals surface area contributed by atoms with E-state index in [1.54, 1.807) is 13.3 Å². The van der Waals surface area contributed by atoms with Crippen LogP contribution in [0.25, 0.3) is 10.9 Å². The molecule has 0 aliphatic carbocycles. The van der Waals surface area contributed by atoms with Crippen LogP contribution >= 0.6 is 0 Å². The number of nitrogens with one attached hydrogen (secondary N) is 3. The minimum Gasteiger partial charge on any atom is -0.497 e. The summed E-state index contributed by atoms with van der Waals surface area (Å²) >= 11 is 0. The predicted molar refractivity (Wildman–Crippen MR) is 118 cm³/mol. The highest BCUT2D eigenvalue weighted by Crippen LogP contribution is 2.18. The van der Waals surface area contributed by atoms with Crippen molar-refractivity contribution < 1.29 is 4.74 Å². The molecule has 0 fully saturated rings. The Morgan fingerprint density at radius 3 is 2.79 bits per heavy atom. The number of aromatic amines is 1. The van der Waals surface area contributed by atoms with Gasteiger partial charge in [-0.15, -0.1) is 0 Å². The van der Waals surface area contributed by atoms with Gasteiger partial charge in [-0.1, -0.05) is 30.3 Å². The van der Waals surface area contributed by atoms with E-state index in [4.69, 9.17) is 4.74 Å². The molecule has 0 radical (unpaired) electrons. The summed E-state index contributed by atoms with van der Waals surface area (Å²) < 4.78 is 5.27. The van der Waals surface area contributed by atoms with Crippen LogP contribution in [-0.4, -0.2) is 35.2 Å². The normalized spacial score (nSPS) is 10.8. The van der Waals surface area contributed by atoms with Crippen molar-refractivity contribution in [1.29, 1.82) is 0 Å². The first-order valence-electron chi connectivity index (χ1n) is 9.80. The number of para-hydroxylation sites is 1. The van der Waals surface area contributed by atoms with Crippen LogP contribution in [0.1, 0.15) is 11.1 Å². The molecular weight excluding hydrogens is 362 g/mol. The van der Waals surface area contributed by atoms with Crippen LogP contribution < -0.4 is 15.4 Å². The summed E-state index contributed by atoms with van der Waals surface area (Å²) in [5.74, 6) is 2.33. The molecule has 6 heteroatoms. The van der Waals surface area contributed by atoms with E-state index in [0.29, 0.717) is 5.95 Å². The molecule has 0 saturated heterocycles. The Labute approximate surface area is 170 Å². The molecule has 148 valence electrons. The van der Waals surface area contributed by atoms with Gasteiger partial charge in [0.15, 0.2) is 0 Å². The van der Waals surface area contributed by atoms with E-state index < -0.39 is 0 Å². The Kier molecular flexibility index (Phi) is 5.90. The Balaban J connectivity index is 1.28. The third-order valence-corrected chi connectivity index (χ3v) is 4.86. The van der Waals surface area contributed by atoms with Gasteiger partial charge < -0.3 is 20.4 Å². The van der Waals surface area contributed by atoms with Crippen LogP contribution in [0.5, 0.6) is 5.75 Å². The van der Waals surface area contributed by atoms with Crippen molar-refractivity contribution >= 4 is 22.7 Å². The second kappa shape index (κ2) is 9.10. The molecule has 4 aromatic rings. The lowest BCUT2D eigenvalue weighted by Crippen LogP contribution is -2.11. The van der Waals surface area contributed by atoms with Crippen molar-refractivity contribution in [3.05, 3.63) is 78.1 Å². The molecule has 0 atom stereocenters. The highest BCUT2D eigenvalue weighted by molar-refractivity contribution is 5.83. The minimum absolute atomic E-state index is 0.635. The summed E-state index contributed by atoms with van der Waals surface area (Å²) in [6, 6.07) is 18.3. The first-order valence-corrected chi connectivity index (χ1v) is 9.80. The fourth-order valence-electron chi connectivity index (χ4n) is 3.35. The molecule has 0 amide bonds. The standard InChI is InChI=1S/C23H25N5O/c1-29-19-6-4-5-17(15-19)9-12-24-22-11-14-26-23(28-22)25-13-10-18-16-27-21-8-3-2-7-20(18)21/h2-8,11,14-16,27H,9-10,12-13H2,1H3,(H2,24,25,26,28). The number of hydrogen-bond acceptors (Lipinski definition) is 5. The average Bonchev–Trinajstić information content (AvgIpc) is 3.17. The minimum atomic E-state index is 0.635. The lowest BCUT2D eigenvalue weighted by atomic mass is 10.1. The van der Waals surface area contributed by atoms with Gasteiger partial charge in [-0.2, -0.15) is 4.98 Å². The number of anilines is 2. The molecule has 4 rings (SSSR count). The van der Waals surface area contributed by atoms with E-state index in [1.807, 2.05) is 24.3 Å². The zero-order valence-corrected chi connectivity index (χ0v) is 16.5. The molecular formula is C23H25N5O. The van der Waals surface area contributed by atoms with Crippen molar-refractivity contribution in [2.75, 3.05) is 30.8 Å². The monoisotopic (exact) mass is 387 g/mol. The average molecular weight is 387 g/mol. The summed E-state index contributed by atoms with van der Waals surface area (Å²) in [5, 5.41) is 7.95. The first kappa shape index (κ1) is 18.8. The van der Waals surface area contributed by atoms with Crippen LogP contribution in [-0.2, 0) is 12.8 Å². The van der Waals surface area contributed by atoms with Crippen LogP contribution in [0, 0.1) is 0 Å². The fourth-order valence-corrected chi connectivity index (χ4v) is 3.35. The van der Waals surface area contributed by atoms with E-state index in [0.717, 1.165) is 37.5 Å². The number of ether oxygens (including phenoxy) is 1. The summed E-state index contributed by atoms with van der Waals surface area (Å²) in [6.07, 6.45) is 5.64. The van der Waals surface area contributed by atoms with Gasteiger partial charge >= 0.3 is 0 Å². The molecule has 2 aromatic heterocycles. The highest BCUT2D eigenvalue weighted by atomic mass is 16.5. The predicted octanol–water partition coefficient (Wildman–Crippen LogP) is 4.28. The molecule has 29 heavy (non-hydrogen) atoms. The summed E-state index contributed by atoms with van der Waals surface area (Å²) in [5.41, 5.74) is 3.68. The summed E-state index contributed by atoms with van der Waals surface area (Å²) in [7, 11) is 1.69. The van der Waals surface area contributed by atoms with E-state index in [2.05, 4.69) is 62.1 Å². The second-order valence-electron chi connectivity index (χ2n) is 6.83. The second-order valence-corrected chi connectivity index (χ2v) is 6.83.